The van der Waals surface area contributed by atoms with E-state index in [0.717, 1.165) is 6.42 Å². The lowest BCUT2D eigenvalue weighted by Crippen LogP contribution is -2.45. The molecule has 12 nitrogen and oxygen atoms in total. The Labute approximate surface area is 258 Å². The number of likely N-dealkylation sites (N-methyl/N-ethyl adjacent to an activating group) is 1. The van der Waals surface area contributed by atoms with Crippen molar-refractivity contribution in [1.29, 1.82) is 0 Å². The van der Waals surface area contributed by atoms with Crippen molar-refractivity contribution in [3.8, 4) is 0 Å². The zero-order valence-corrected chi connectivity index (χ0v) is 25.0. The lowest BCUT2D eigenvalue weighted by atomic mass is 10.2. The van der Waals surface area contributed by atoms with E-state index >= 15 is 0 Å². The first-order valence-corrected chi connectivity index (χ1v) is 14.0. The molecule has 1 heterocycles. The van der Waals surface area contributed by atoms with Crippen LogP contribution in [0.2, 0.25) is 0 Å². The molecule has 0 saturated heterocycles. The maximum absolute atomic E-state index is 13.8. The summed E-state index contributed by atoms with van der Waals surface area (Å²) in [4.78, 5) is 46.9. The molecule has 0 aliphatic rings. The number of nitrogens with zero attached hydrogens (tertiary/aromatic N) is 3. The van der Waals surface area contributed by atoms with Crippen LogP contribution in [0.5, 0.6) is 0 Å². The number of nitrogens with two attached hydrogens (primary N) is 1. The number of halogens is 3. The molecule has 1 unspecified atom stereocenters. The molecule has 3 amide bonds. The van der Waals surface area contributed by atoms with E-state index in [2.05, 4.69) is 36.6 Å². The van der Waals surface area contributed by atoms with Gasteiger partial charge < -0.3 is 37.2 Å². The molecule has 3 aromatic rings. The van der Waals surface area contributed by atoms with Crippen LogP contribution in [-0.4, -0.2) is 78.5 Å². The van der Waals surface area contributed by atoms with Crippen molar-refractivity contribution in [2.75, 3.05) is 55.0 Å². The average molecular weight is 628 g/mol. The van der Waals surface area contributed by atoms with Gasteiger partial charge in [-0.15, -0.1) is 0 Å². The minimum absolute atomic E-state index is 0.0787. The molecular formula is C30H36F3N9O3. The Bertz CT molecular complexity index is 1500. The minimum Gasteiger partial charge on any atom is -0.372 e. The maximum atomic E-state index is 13.8. The van der Waals surface area contributed by atoms with Crippen LogP contribution in [0.15, 0.2) is 66.9 Å². The van der Waals surface area contributed by atoms with Gasteiger partial charge in [-0.05, 0) is 63.0 Å². The Morgan fingerprint density at radius 2 is 1.76 bits per heavy atom. The van der Waals surface area contributed by atoms with Gasteiger partial charge in [0.1, 0.15) is 17.4 Å². The van der Waals surface area contributed by atoms with Gasteiger partial charge >= 0.3 is 6.18 Å². The number of anilines is 5. The molecule has 7 N–H and O–H groups in total. The number of carbonyl (C=O) groups excluding carboxylic acids is 3. The van der Waals surface area contributed by atoms with Crippen molar-refractivity contribution in [1.82, 2.24) is 20.2 Å². The van der Waals surface area contributed by atoms with E-state index in [1.54, 1.807) is 49.3 Å². The molecule has 0 aliphatic carbocycles. The van der Waals surface area contributed by atoms with Gasteiger partial charge in [-0.3, -0.25) is 14.4 Å². The van der Waals surface area contributed by atoms with Gasteiger partial charge in [0, 0.05) is 54.5 Å². The first-order chi connectivity index (χ1) is 21.3. The first kappa shape index (κ1) is 34.3. The maximum Gasteiger partial charge on any atom is 0.410 e. The molecule has 1 atom stereocenters. The lowest BCUT2D eigenvalue weighted by Gasteiger charge is -2.23. The zero-order valence-electron chi connectivity index (χ0n) is 25.0. The number of rotatable bonds is 15. The topological polar surface area (TPSA) is 166 Å². The Hall–Kier alpha value is -5.18. The van der Waals surface area contributed by atoms with E-state index in [0.29, 0.717) is 24.3 Å². The van der Waals surface area contributed by atoms with E-state index in [1.165, 1.54) is 36.5 Å². The second-order valence-corrected chi connectivity index (χ2v) is 10.1. The number of primary amides is 1. The summed E-state index contributed by atoms with van der Waals surface area (Å²) in [5.41, 5.74) is 6.60. The number of benzene rings is 2. The second-order valence-electron chi connectivity index (χ2n) is 10.1. The summed E-state index contributed by atoms with van der Waals surface area (Å²) < 4.78 is 41.3. The third-order valence-electron chi connectivity index (χ3n) is 6.08. The highest BCUT2D eigenvalue weighted by atomic mass is 19.4. The quantitative estimate of drug-likeness (QED) is 0.137. The third kappa shape index (κ3) is 11.1. The Morgan fingerprint density at radius 3 is 2.40 bits per heavy atom. The van der Waals surface area contributed by atoms with Crippen LogP contribution in [-0.2, 0) is 4.79 Å². The predicted molar refractivity (Wildman–Crippen MR) is 168 cm³/mol. The van der Waals surface area contributed by atoms with Gasteiger partial charge in [-0.25, -0.2) is 4.98 Å². The number of nitrogens with one attached hydrogen (secondary N) is 5. The number of alkyl halides is 3. The van der Waals surface area contributed by atoms with Crippen molar-refractivity contribution in [2.45, 2.75) is 25.6 Å². The minimum atomic E-state index is -4.67. The molecule has 0 spiro atoms. The molecule has 15 heteroatoms. The molecule has 1 aromatic heterocycles. The smallest absolute Gasteiger partial charge is 0.372 e. The number of hydrogen-bond donors (Lipinski definition) is 6. The Kier molecular flexibility index (Phi) is 12.2. The van der Waals surface area contributed by atoms with E-state index in [1.807, 2.05) is 6.92 Å². The fraction of sp³-hybridized carbons (Fsp3) is 0.300. The molecule has 240 valence electrons. The SMILES string of the molecule is CCCNc1nc(Nc2ccc(C(N)=O)cc2)ncc1C(=O)Nc1cccc(NC(CNC(=O)/C=C/CN(C)C)C(F)(F)F)c1. The molecule has 0 radical (unpaired) electrons. The molecule has 0 aliphatic heterocycles. The van der Waals surface area contributed by atoms with Crippen LogP contribution in [0, 0.1) is 0 Å². The number of amides is 3. The molecule has 0 fully saturated rings. The standard InChI is InChI=1S/C30H36F3N9O3/c1-4-14-35-27-23(17-37-29(41-27)40-20-12-10-19(11-13-20)26(34)44)28(45)39-22-8-5-7-21(16-22)38-24(30(31,32)33)18-36-25(43)9-6-15-42(2)3/h5-13,16-17,24,38H,4,14-15,18H2,1-3H3,(H2,34,44)(H,36,43)(H,39,45)(H2,35,37,40,41)/b9-6+. The monoisotopic (exact) mass is 627 g/mol. The highest BCUT2D eigenvalue weighted by Crippen LogP contribution is 2.26. The van der Waals surface area contributed by atoms with Crippen molar-refractivity contribution >= 4 is 46.5 Å². The number of carbonyl (C=O) groups is 3. The number of aromatic nitrogens is 2. The Balaban J connectivity index is 1.72. The first-order valence-electron chi connectivity index (χ1n) is 14.0. The second kappa shape index (κ2) is 16.0. The summed E-state index contributed by atoms with van der Waals surface area (Å²) in [6, 6.07) is 10.0. The molecule has 0 bridgehead atoms. The van der Waals surface area contributed by atoms with Crippen molar-refractivity contribution < 1.29 is 27.6 Å². The van der Waals surface area contributed by atoms with Gasteiger partial charge in [0.25, 0.3) is 5.91 Å². The molecule has 2 aromatic carbocycles. The van der Waals surface area contributed by atoms with Gasteiger partial charge in [-0.1, -0.05) is 19.1 Å². The van der Waals surface area contributed by atoms with Crippen LogP contribution in [0.1, 0.15) is 34.1 Å². The molecule has 0 saturated carbocycles. The van der Waals surface area contributed by atoms with Gasteiger partial charge in [0.05, 0.1) is 0 Å². The average Bonchev–Trinajstić information content (AvgIpc) is 2.98. The summed E-state index contributed by atoms with van der Waals surface area (Å²) in [6.07, 6.45) is 0.112. The van der Waals surface area contributed by atoms with Crippen molar-refractivity contribution in [3.63, 3.8) is 0 Å². The molecule has 3 rings (SSSR count). The van der Waals surface area contributed by atoms with E-state index in [9.17, 15) is 27.6 Å². The summed E-state index contributed by atoms with van der Waals surface area (Å²) >= 11 is 0. The summed E-state index contributed by atoms with van der Waals surface area (Å²) in [6.45, 7) is 2.20. The third-order valence-corrected chi connectivity index (χ3v) is 6.08. The van der Waals surface area contributed by atoms with E-state index in [-0.39, 0.29) is 28.7 Å². The predicted octanol–water partition coefficient (Wildman–Crippen LogP) is 3.97. The highest BCUT2D eigenvalue weighted by Gasteiger charge is 2.39. The molecule has 45 heavy (non-hydrogen) atoms. The summed E-state index contributed by atoms with van der Waals surface area (Å²) in [7, 11) is 3.59. The Morgan fingerprint density at radius 1 is 1.04 bits per heavy atom. The van der Waals surface area contributed by atoms with Gasteiger partial charge in [0.2, 0.25) is 17.8 Å². The van der Waals surface area contributed by atoms with Crippen molar-refractivity contribution in [3.05, 3.63) is 78.0 Å². The largest absolute Gasteiger partial charge is 0.410 e. The lowest BCUT2D eigenvalue weighted by molar-refractivity contribution is -0.142. The van der Waals surface area contributed by atoms with E-state index in [4.69, 9.17) is 5.73 Å². The highest BCUT2D eigenvalue weighted by molar-refractivity contribution is 6.07. The summed E-state index contributed by atoms with van der Waals surface area (Å²) in [5.74, 6) is -1.38. The van der Waals surface area contributed by atoms with Crippen LogP contribution in [0.25, 0.3) is 0 Å². The fourth-order valence-electron chi connectivity index (χ4n) is 3.80. The van der Waals surface area contributed by atoms with Crippen molar-refractivity contribution in [2.24, 2.45) is 5.73 Å². The van der Waals surface area contributed by atoms with E-state index < -0.39 is 36.5 Å². The zero-order chi connectivity index (χ0) is 33.0. The van der Waals surface area contributed by atoms with Crippen LogP contribution < -0.4 is 32.3 Å². The normalized spacial score (nSPS) is 12.1. The van der Waals surface area contributed by atoms with Gasteiger partial charge in [-0.2, -0.15) is 18.2 Å². The van der Waals surface area contributed by atoms with Crippen LogP contribution in [0.4, 0.5) is 42.0 Å². The molecular weight excluding hydrogens is 591 g/mol. The summed E-state index contributed by atoms with van der Waals surface area (Å²) in [5, 5.41) is 13.4. The van der Waals surface area contributed by atoms with Gasteiger partial charge in [0.15, 0.2) is 0 Å². The van der Waals surface area contributed by atoms with Crippen LogP contribution >= 0.6 is 0 Å². The van der Waals surface area contributed by atoms with Crippen LogP contribution in [0.3, 0.4) is 0 Å². The number of hydrogen-bond acceptors (Lipinski definition) is 9. The fourth-order valence-corrected chi connectivity index (χ4v) is 3.80.